The molecule has 92 valence electrons. The number of carbonyl (C=O) groups is 1. The minimum atomic E-state index is -0.189. The van der Waals surface area contributed by atoms with Crippen LogP contribution in [0.1, 0.15) is 23.2 Å². The van der Waals surface area contributed by atoms with Gasteiger partial charge in [0, 0.05) is 18.8 Å². The molecule has 0 saturated carbocycles. The van der Waals surface area contributed by atoms with E-state index in [-0.39, 0.29) is 12.0 Å². The summed E-state index contributed by atoms with van der Waals surface area (Å²) in [6.45, 7) is 1.31. The summed E-state index contributed by atoms with van der Waals surface area (Å²) in [6.07, 6.45) is 2.19. The number of rotatable bonds is 3. The second kappa shape index (κ2) is 5.38. The molecular weight excluding hydrogens is 240 g/mol. The van der Waals surface area contributed by atoms with E-state index in [4.69, 9.17) is 22.1 Å². The van der Waals surface area contributed by atoms with Crippen LogP contribution in [0.4, 0.5) is 5.69 Å². The average molecular weight is 255 g/mol. The first-order valence-corrected chi connectivity index (χ1v) is 5.99. The van der Waals surface area contributed by atoms with Crippen LogP contribution in [0, 0.1) is 0 Å². The summed E-state index contributed by atoms with van der Waals surface area (Å²) in [6, 6.07) is 4.86. The molecular formula is C12H15ClN2O2. The molecule has 3 N–H and O–H groups in total. The van der Waals surface area contributed by atoms with Gasteiger partial charge in [-0.05, 0) is 31.0 Å². The van der Waals surface area contributed by atoms with E-state index >= 15 is 0 Å². The van der Waals surface area contributed by atoms with Gasteiger partial charge >= 0.3 is 0 Å². The number of benzene rings is 1. The van der Waals surface area contributed by atoms with Crippen LogP contribution in [0.15, 0.2) is 18.2 Å². The van der Waals surface area contributed by atoms with Crippen LogP contribution in [-0.2, 0) is 4.74 Å². The molecule has 1 aromatic carbocycles. The molecule has 17 heavy (non-hydrogen) atoms. The van der Waals surface area contributed by atoms with Crippen molar-refractivity contribution in [2.75, 3.05) is 18.9 Å². The number of ether oxygens (including phenoxy) is 1. The molecule has 0 radical (unpaired) electrons. The van der Waals surface area contributed by atoms with E-state index < -0.39 is 0 Å². The Kier molecular flexibility index (Phi) is 3.86. The smallest absolute Gasteiger partial charge is 0.252 e. The lowest BCUT2D eigenvalue weighted by Gasteiger charge is -2.11. The van der Waals surface area contributed by atoms with Crippen molar-refractivity contribution in [2.24, 2.45) is 0 Å². The van der Waals surface area contributed by atoms with Crippen molar-refractivity contribution in [3.8, 4) is 0 Å². The highest BCUT2D eigenvalue weighted by atomic mass is 35.5. The predicted octanol–water partition coefficient (Wildman–Crippen LogP) is 1.83. The monoisotopic (exact) mass is 254 g/mol. The standard InChI is InChI=1S/C12H15ClN2O2/c13-11-6-8(14)3-4-10(11)12(16)15-7-9-2-1-5-17-9/h3-4,6,9H,1-2,5,7,14H2,(H,15,16). The number of nitrogen functional groups attached to an aromatic ring is 1. The van der Waals surface area contributed by atoms with Crippen molar-refractivity contribution in [3.05, 3.63) is 28.8 Å². The summed E-state index contributed by atoms with van der Waals surface area (Å²) >= 11 is 5.95. The molecule has 1 aromatic rings. The Morgan fingerprint density at radius 3 is 3.06 bits per heavy atom. The van der Waals surface area contributed by atoms with Gasteiger partial charge in [0.2, 0.25) is 0 Å². The molecule has 0 aliphatic carbocycles. The van der Waals surface area contributed by atoms with E-state index in [9.17, 15) is 4.79 Å². The largest absolute Gasteiger partial charge is 0.399 e. The van der Waals surface area contributed by atoms with Crippen LogP contribution in [0.25, 0.3) is 0 Å². The number of hydrogen-bond donors (Lipinski definition) is 2. The first-order chi connectivity index (χ1) is 8.16. The quantitative estimate of drug-likeness (QED) is 0.809. The summed E-state index contributed by atoms with van der Waals surface area (Å²) < 4.78 is 5.42. The van der Waals surface area contributed by atoms with Gasteiger partial charge < -0.3 is 15.8 Å². The SMILES string of the molecule is Nc1ccc(C(=O)NCC2CCCO2)c(Cl)c1. The third kappa shape index (κ3) is 3.11. The average Bonchev–Trinajstić information content (AvgIpc) is 2.78. The highest BCUT2D eigenvalue weighted by molar-refractivity contribution is 6.34. The number of nitrogens with one attached hydrogen (secondary N) is 1. The predicted molar refractivity (Wildman–Crippen MR) is 67.2 cm³/mol. The molecule has 5 heteroatoms. The Labute approximate surface area is 105 Å². The fourth-order valence-corrected chi connectivity index (χ4v) is 2.10. The van der Waals surface area contributed by atoms with Gasteiger partial charge in [-0.25, -0.2) is 0 Å². The summed E-state index contributed by atoms with van der Waals surface area (Å²) in [5, 5.41) is 3.18. The molecule has 0 aromatic heterocycles. The van der Waals surface area contributed by atoms with Gasteiger partial charge in [0.15, 0.2) is 0 Å². The Morgan fingerprint density at radius 2 is 2.41 bits per heavy atom. The number of nitrogens with two attached hydrogens (primary N) is 1. The van der Waals surface area contributed by atoms with Crippen molar-refractivity contribution >= 4 is 23.2 Å². The lowest BCUT2D eigenvalue weighted by Crippen LogP contribution is -2.31. The van der Waals surface area contributed by atoms with Crippen LogP contribution < -0.4 is 11.1 Å². The van der Waals surface area contributed by atoms with Gasteiger partial charge in [0.25, 0.3) is 5.91 Å². The fraction of sp³-hybridized carbons (Fsp3) is 0.417. The molecule has 1 aliphatic rings. The van der Waals surface area contributed by atoms with Crippen molar-refractivity contribution in [1.82, 2.24) is 5.32 Å². The number of anilines is 1. The molecule has 1 saturated heterocycles. The Hall–Kier alpha value is -1.26. The number of halogens is 1. The third-order valence-electron chi connectivity index (χ3n) is 2.75. The second-order valence-corrected chi connectivity index (χ2v) is 4.49. The highest BCUT2D eigenvalue weighted by Crippen LogP contribution is 2.19. The van der Waals surface area contributed by atoms with E-state index in [0.717, 1.165) is 19.4 Å². The molecule has 0 spiro atoms. The molecule has 1 amide bonds. The van der Waals surface area contributed by atoms with Gasteiger partial charge in [-0.3, -0.25) is 4.79 Å². The molecule has 0 bridgehead atoms. The van der Waals surface area contributed by atoms with E-state index in [0.29, 0.717) is 22.8 Å². The summed E-state index contributed by atoms with van der Waals surface area (Å²) in [5.74, 6) is -0.189. The van der Waals surface area contributed by atoms with E-state index in [1.165, 1.54) is 0 Å². The van der Waals surface area contributed by atoms with Gasteiger partial charge in [-0.2, -0.15) is 0 Å². The minimum absolute atomic E-state index is 0.131. The molecule has 1 heterocycles. The topological polar surface area (TPSA) is 64.4 Å². The first kappa shape index (κ1) is 12.2. The van der Waals surface area contributed by atoms with Gasteiger partial charge in [-0.1, -0.05) is 11.6 Å². The van der Waals surface area contributed by atoms with Crippen molar-refractivity contribution in [2.45, 2.75) is 18.9 Å². The summed E-state index contributed by atoms with van der Waals surface area (Å²) in [5.41, 5.74) is 6.56. The lowest BCUT2D eigenvalue weighted by molar-refractivity contribution is 0.0858. The fourth-order valence-electron chi connectivity index (χ4n) is 1.82. The van der Waals surface area contributed by atoms with Crippen molar-refractivity contribution in [1.29, 1.82) is 0 Å². The zero-order chi connectivity index (χ0) is 12.3. The third-order valence-corrected chi connectivity index (χ3v) is 3.06. The first-order valence-electron chi connectivity index (χ1n) is 5.61. The lowest BCUT2D eigenvalue weighted by atomic mass is 10.2. The van der Waals surface area contributed by atoms with Crippen molar-refractivity contribution in [3.63, 3.8) is 0 Å². The zero-order valence-corrected chi connectivity index (χ0v) is 10.2. The maximum atomic E-state index is 11.8. The van der Waals surface area contributed by atoms with E-state index in [1.54, 1.807) is 18.2 Å². The van der Waals surface area contributed by atoms with Gasteiger partial charge in [0.05, 0.1) is 16.7 Å². The van der Waals surface area contributed by atoms with Crippen LogP contribution in [0.3, 0.4) is 0 Å². The second-order valence-electron chi connectivity index (χ2n) is 4.08. The molecule has 1 fully saturated rings. The molecule has 1 aliphatic heterocycles. The normalized spacial score (nSPS) is 19.2. The molecule has 2 rings (SSSR count). The Bertz CT molecular complexity index is 417. The molecule has 1 atom stereocenters. The number of carbonyl (C=O) groups excluding carboxylic acids is 1. The van der Waals surface area contributed by atoms with Crippen molar-refractivity contribution < 1.29 is 9.53 Å². The van der Waals surface area contributed by atoms with Crippen LogP contribution in [0.5, 0.6) is 0 Å². The minimum Gasteiger partial charge on any atom is -0.399 e. The Balaban J connectivity index is 1.94. The van der Waals surface area contributed by atoms with Gasteiger partial charge in [0.1, 0.15) is 0 Å². The molecule has 1 unspecified atom stereocenters. The van der Waals surface area contributed by atoms with Crippen LogP contribution in [0.2, 0.25) is 5.02 Å². The Morgan fingerprint density at radius 1 is 1.59 bits per heavy atom. The highest BCUT2D eigenvalue weighted by Gasteiger charge is 2.17. The number of hydrogen-bond acceptors (Lipinski definition) is 3. The van der Waals surface area contributed by atoms with Crippen LogP contribution in [-0.4, -0.2) is 25.2 Å². The van der Waals surface area contributed by atoms with Gasteiger partial charge in [-0.15, -0.1) is 0 Å². The maximum Gasteiger partial charge on any atom is 0.252 e. The molecule has 4 nitrogen and oxygen atoms in total. The van der Waals surface area contributed by atoms with E-state index in [1.807, 2.05) is 0 Å². The van der Waals surface area contributed by atoms with Crippen LogP contribution >= 0.6 is 11.6 Å². The number of amides is 1. The summed E-state index contributed by atoms with van der Waals surface area (Å²) in [7, 11) is 0. The van der Waals surface area contributed by atoms with E-state index in [2.05, 4.69) is 5.32 Å². The summed E-state index contributed by atoms with van der Waals surface area (Å²) in [4.78, 5) is 11.8. The zero-order valence-electron chi connectivity index (χ0n) is 9.41. The maximum absolute atomic E-state index is 11.8.